The highest BCUT2D eigenvalue weighted by atomic mass is 16.6. The minimum Gasteiger partial charge on any atom is -0.444 e. The lowest BCUT2D eigenvalue weighted by Crippen LogP contribution is -2.51. The van der Waals surface area contributed by atoms with Crippen LogP contribution in [0.5, 0.6) is 0 Å². The number of nitrogens with zero attached hydrogens (tertiary/aromatic N) is 2. The van der Waals surface area contributed by atoms with Gasteiger partial charge < -0.3 is 14.4 Å². The molecule has 0 spiro atoms. The lowest BCUT2D eigenvalue weighted by molar-refractivity contribution is -0.0724. The van der Waals surface area contributed by atoms with Gasteiger partial charge in [0.25, 0.3) is 0 Å². The molecule has 1 atom stereocenters. The molecule has 0 aromatic heterocycles. The second-order valence-corrected chi connectivity index (χ2v) is 6.12. The largest absolute Gasteiger partial charge is 0.444 e. The maximum atomic E-state index is 11.9. The van der Waals surface area contributed by atoms with Crippen LogP contribution in [0.1, 0.15) is 34.6 Å². The minimum absolute atomic E-state index is 0.274. The summed E-state index contributed by atoms with van der Waals surface area (Å²) in [6, 6.07) is 2.21. The predicted octanol–water partition coefficient (Wildman–Crippen LogP) is 2.17. The Hall–Kier alpha value is -1.28. The fourth-order valence-electron chi connectivity index (χ4n) is 1.65. The topological polar surface area (TPSA) is 62.6 Å². The molecule has 1 saturated heterocycles. The molecule has 1 unspecified atom stereocenters. The number of hydrogen-bond acceptors (Lipinski definition) is 4. The quantitative estimate of drug-likeness (QED) is 0.719. The van der Waals surface area contributed by atoms with Gasteiger partial charge in [-0.05, 0) is 34.6 Å². The zero-order chi connectivity index (χ0) is 14.0. The number of ether oxygens (including phenoxy) is 2. The maximum absolute atomic E-state index is 11.9. The smallest absolute Gasteiger partial charge is 0.410 e. The number of hydrogen-bond donors (Lipinski definition) is 0. The summed E-state index contributed by atoms with van der Waals surface area (Å²) in [5.74, 6) is 0. The van der Waals surface area contributed by atoms with E-state index in [4.69, 9.17) is 14.7 Å². The highest BCUT2D eigenvalue weighted by Crippen LogP contribution is 2.26. The first-order valence-corrected chi connectivity index (χ1v) is 6.16. The summed E-state index contributed by atoms with van der Waals surface area (Å²) >= 11 is 0. The zero-order valence-electron chi connectivity index (χ0n) is 11.8. The van der Waals surface area contributed by atoms with Crippen LogP contribution in [0.2, 0.25) is 0 Å². The van der Waals surface area contributed by atoms with E-state index in [0.717, 1.165) is 0 Å². The van der Waals surface area contributed by atoms with Crippen molar-refractivity contribution in [1.82, 2.24) is 4.90 Å². The van der Waals surface area contributed by atoms with Crippen molar-refractivity contribution in [3.05, 3.63) is 0 Å². The van der Waals surface area contributed by atoms with Crippen LogP contribution in [0.4, 0.5) is 4.79 Å². The Morgan fingerprint density at radius 2 is 2.00 bits per heavy atom. The van der Waals surface area contributed by atoms with E-state index in [2.05, 4.69) is 6.07 Å². The van der Waals surface area contributed by atoms with Crippen molar-refractivity contribution >= 4 is 6.09 Å². The van der Waals surface area contributed by atoms with Crippen molar-refractivity contribution in [2.75, 3.05) is 19.7 Å². The minimum atomic E-state index is -0.610. The molecule has 0 bridgehead atoms. The maximum Gasteiger partial charge on any atom is 0.410 e. The second kappa shape index (κ2) is 5.15. The molecule has 18 heavy (non-hydrogen) atoms. The summed E-state index contributed by atoms with van der Waals surface area (Å²) in [5.41, 5.74) is -1.11. The number of morpholine rings is 1. The van der Waals surface area contributed by atoms with Crippen molar-refractivity contribution in [3.8, 4) is 6.07 Å². The average molecular weight is 254 g/mol. The van der Waals surface area contributed by atoms with E-state index in [9.17, 15) is 4.79 Å². The molecule has 1 fully saturated rings. The number of carbonyl (C=O) groups excluding carboxylic acids is 1. The first-order chi connectivity index (χ1) is 8.15. The highest BCUT2D eigenvalue weighted by Gasteiger charge is 2.37. The summed E-state index contributed by atoms with van der Waals surface area (Å²) in [6.45, 7) is 10.5. The summed E-state index contributed by atoms with van der Waals surface area (Å²) in [5, 5.41) is 9.09. The summed E-state index contributed by atoms with van der Waals surface area (Å²) in [7, 11) is 0. The molecule has 0 saturated carbocycles. The fraction of sp³-hybridized carbons (Fsp3) is 0.846. The molecule has 1 aliphatic heterocycles. The second-order valence-electron chi connectivity index (χ2n) is 6.12. The fourth-order valence-corrected chi connectivity index (χ4v) is 1.65. The van der Waals surface area contributed by atoms with Crippen LogP contribution in [-0.2, 0) is 9.47 Å². The van der Waals surface area contributed by atoms with E-state index in [0.29, 0.717) is 19.7 Å². The van der Waals surface area contributed by atoms with E-state index in [1.165, 1.54) is 0 Å². The summed E-state index contributed by atoms with van der Waals surface area (Å²) in [6.07, 6.45) is -0.617. The molecular weight excluding hydrogens is 232 g/mol. The summed E-state index contributed by atoms with van der Waals surface area (Å²) < 4.78 is 10.9. The Kier molecular flexibility index (Phi) is 4.23. The van der Waals surface area contributed by atoms with Crippen LogP contribution in [0.25, 0.3) is 0 Å². The van der Waals surface area contributed by atoms with Crippen molar-refractivity contribution in [3.63, 3.8) is 0 Å². The Balaban J connectivity index is 2.65. The van der Waals surface area contributed by atoms with Gasteiger partial charge in [0.05, 0.1) is 30.7 Å². The van der Waals surface area contributed by atoms with E-state index in [1.54, 1.807) is 4.90 Å². The van der Waals surface area contributed by atoms with Gasteiger partial charge in [-0.3, -0.25) is 0 Å². The van der Waals surface area contributed by atoms with Gasteiger partial charge in [0.2, 0.25) is 0 Å². The molecule has 0 aliphatic carbocycles. The number of amides is 1. The van der Waals surface area contributed by atoms with Crippen LogP contribution in [-0.4, -0.2) is 42.4 Å². The van der Waals surface area contributed by atoms with Crippen LogP contribution in [0, 0.1) is 16.7 Å². The predicted molar refractivity (Wildman–Crippen MR) is 66.9 cm³/mol. The molecule has 5 heteroatoms. The zero-order valence-corrected chi connectivity index (χ0v) is 11.8. The van der Waals surface area contributed by atoms with Crippen molar-refractivity contribution < 1.29 is 14.3 Å². The Bertz CT molecular complexity index is 352. The van der Waals surface area contributed by atoms with Gasteiger partial charge in [-0.1, -0.05) is 0 Å². The normalized spacial score (nSPS) is 21.3. The summed E-state index contributed by atoms with van der Waals surface area (Å²) in [4.78, 5) is 13.5. The molecular formula is C13H22N2O3. The molecule has 102 valence electrons. The van der Waals surface area contributed by atoms with E-state index in [-0.39, 0.29) is 12.2 Å². The number of rotatable bonds is 1. The molecule has 0 aromatic carbocycles. The average Bonchev–Trinajstić information content (AvgIpc) is 2.27. The monoisotopic (exact) mass is 254 g/mol. The lowest BCUT2D eigenvalue weighted by Gasteiger charge is -2.38. The van der Waals surface area contributed by atoms with Gasteiger partial charge in [-0.25, -0.2) is 4.79 Å². The third-order valence-corrected chi connectivity index (χ3v) is 2.81. The standard InChI is InChI=1S/C13H22N2O3/c1-12(2,3)18-11(16)15-6-7-17-10(8-15)13(4,5)9-14/h10H,6-8H2,1-5H3. The van der Waals surface area contributed by atoms with Crippen LogP contribution in [0.3, 0.4) is 0 Å². The van der Waals surface area contributed by atoms with Crippen LogP contribution >= 0.6 is 0 Å². The molecule has 1 heterocycles. The third-order valence-electron chi connectivity index (χ3n) is 2.81. The van der Waals surface area contributed by atoms with E-state index in [1.807, 2.05) is 34.6 Å². The number of nitriles is 1. The van der Waals surface area contributed by atoms with Crippen molar-refractivity contribution in [1.29, 1.82) is 5.26 Å². The lowest BCUT2D eigenvalue weighted by atomic mass is 9.87. The molecule has 0 aromatic rings. The Labute approximate surface area is 109 Å². The molecule has 0 N–H and O–H groups in total. The Morgan fingerprint density at radius 3 is 2.50 bits per heavy atom. The van der Waals surface area contributed by atoms with Crippen molar-refractivity contribution in [2.45, 2.75) is 46.3 Å². The van der Waals surface area contributed by atoms with Crippen LogP contribution < -0.4 is 0 Å². The molecule has 1 amide bonds. The number of carbonyl (C=O) groups is 1. The van der Waals surface area contributed by atoms with Gasteiger partial charge in [0.1, 0.15) is 5.60 Å². The van der Waals surface area contributed by atoms with Crippen molar-refractivity contribution in [2.24, 2.45) is 5.41 Å². The molecule has 1 aliphatic rings. The van der Waals surface area contributed by atoms with Gasteiger partial charge in [-0.2, -0.15) is 5.26 Å². The molecule has 1 rings (SSSR count). The first-order valence-electron chi connectivity index (χ1n) is 6.16. The first kappa shape index (κ1) is 14.8. The molecule has 0 radical (unpaired) electrons. The van der Waals surface area contributed by atoms with Gasteiger partial charge in [0.15, 0.2) is 0 Å². The van der Waals surface area contributed by atoms with Gasteiger partial charge >= 0.3 is 6.09 Å². The SMILES string of the molecule is CC(C)(C)OC(=O)N1CCOC(C(C)(C)C#N)C1. The van der Waals surface area contributed by atoms with E-state index >= 15 is 0 Å². The molecule has 5 nitrogen and oxygen atoms in total. The van der Waals surface area contributed by atoms with Crippen LogP contribution in [0.15, 0.2) is 0 Å². The third kappa shape index (κ3) is 3.88. The van der Waals surface area contributed by atoms with Gasteiger partial charge in [-0.15, -0.1) is 0 Å². The Morgan fingerprint density at radius 1 is 1.39 bits per heavy atom. The van der Waals surface area contributed by atoms with E-state index < -0.39 is 11.0 Å². The van der Waals surface area contributed by atoms with Gasteiger partial charge in [0, 0.05) is 6.54 Å². The highest BCUT2D eigenvalue weighted by molar-refractivity contribution is 5.68.